The lowest BCUT2D eigenvalue weighted by Gasteiger charge is -2.35. The van der Waals surface area contributed by atoms with Gasteiger partial charge in [0.1, 0.15) is 5.75 Å². The Bertz CT molecular complexity index is 627. The zero-order valence-electron chi connectivity index (χ0n) is 16.4. The number of amides is 2. The number of likely N-dealkylation sites (tertiary alicyclic amines) is 1. The number of nitrogens with one attached hydrogen (secondary N) is 1. The minimum absolute atomic E-state index is 0. The molecule has 6 nitrogen and oxygen atoms in total. The molecule has 0 unspecified atom stereocenters. The molecule has 1 aliphatic carbocycles. The van der Waals surface area contributed by atoms with Gasteiger partial charge in [0.15, 0.2) is 0 Å². The lowest BCUT2D eigenvalue weighted by molar-refractivity contribution is -0.136. The summed E-state index contributed by atoms with van der Waals surface area (Å²) in [6.07, 6.45) is 6.03. The van der Waals surface area contributed by atoms with Crippen molar-refractivity contribution in [1.29, 1.82) is 0 Å². The highest BCUT2D eigenvalue weighted by Gasteiger charge is 2.36. The average molecular weight is 410 g/mol. The second kappa shape index (κ2) is 10.7. The maximum absolute atomic E-state index is 12.6. The Labute approximate surface area is 173 Å². The highest BCUT2D eigenvalue weighted by Crippen LogP contribution is 2.30. The van der Waals surface area contributed by atoms with Crippen molar-refractivity contribution in [2.75, 3.05) is 26.2 Å². The predicted molar refractivity (Wildman–Crippen MR) is 112 cm³/mol. The van der Waals surface area contributed by atoms with Crippen molar-refractivity contribution in [3.8, 4) is 5.75 Å². The molecule has 1 aromatic carbocycles. The fourth-order valence-corrected chi connectivity index (χ4v) is 4.12. The largest absolute Gasteiger partial charge is 0.493 e. The van der Waals surface area contributed by atoms with Crippen LogP contribution < -0.4 is 15.8 Å². The quantitative estimate of drug-likeness (QED) is 0.724. The lowest BCUT2D eigenvalue weighted by Crippen LogP contribution is -2.54. The van der Waals surface area contributed by atoms with Gasteiger partial charge in [0.2, 0.25) is 11.8 Å². The molecular formula is C21H32ClN3O3. The van der Waals surface area contributed by atoms with E-state index in [2.05, 4.69) is 5.32 Å². The van der Waals surface area contributed by atoms with E-state index in [1.807, 2.05) is 35.2 Å². The van der Waals surface area contributed by atoms with Gasteiger partial charge >= 0.3 is 0 Å². The molecule has 2 fully saturated rings. The Morgan fingerprint density at radius 2 is 1.79 bits per heavy atom. The Morgan fingerprint density at radius 1 is 1.14 bits per heavy atom. The molecule has 1 saturated carbocycles. The highest BCUT2D eigenvalue weighted by molar-refractivity contribution is 5.85. The molecule has 1 saturated heterocycles. The van der Waals surface area contributed by atoms with E-state index in [1.165, 1.54) is 0 Å². The maximum atomic E-state index is 12.6. The third kappa shape index (κ3) is 5.85. The number of halogens is 1. The SMILES string of the molecule is Cl.NCC1(NC(=O)C2CCN(C(=O)CCOc3ccccc3)CC2)CCCC1. The number of benzene rings is 1. The van der Waals surface area contributed by atoms with E-state index < -0.39 is 0 Å². The zero-order chi connectivity index (χ0) is 19.1. The summed E-state index contributed by atoms with van der Waals surface area (Å²) in [4.78, 5) is 26.9. The first-order valence-corrected chi connectivity index (χ1v) is 10.1. The molecule has 3 rings (SSSR count). The molecule has 0 radical (unpaired) electrons. The van der Waals surface area contributed by atoms with Gasteiger partial charge in [-0.25, -0.2) is 0 Å². The molecule has 7 heteroatoms. The number of para-hydroxylation sites is 1. The number of hydrogen-bond acceptors (Lipinski definition) is 4. The second-order valence-corrected chi connectivity index (χ2v) is 7.75. The summed E-state index contributed by atoms with van der Waals surface area (Å²) >= 11 is 0. The van der Waals surface area contributed by atoms with E-state index >= 15 is 0 Å². The molecule has 0 spiro atoms. The second-order valence-electron chi connectivity index (χ2n) is 7.75. The first kappa shape index (κ1) is 22.5. The van der Waals surface area contributed by atoms with Gasteiger partial charge in [-0.2, -0.15) is 0 Å². The van der Waals surface area contributed by atoms with Gasteiger partial charge in [0.25, 0.3) is 0 Å². The summed E-state index contributed by atoms with van der Waals surface area (Å²) in [6, 6.07) is 9.52. The van der Waals surface area contributed by atoms with Crippen molar-refractivity contribution in [2.45, 2.75) is 50.5 Å². The minimum atomic E-state index is -0.196. The molecule has 2 aliphatic rings. The minimum Gasteiger partial charge on any atom is -0.493 e. The molecule has 0 aromatic heterocycles. The van der Waals surface area contributed by atoms with Crippen LogP contribution in [0.2, 0.25) is 0 Å². The fourth-order valence-electron chi connectivity index (χ4n) is 4.12. The van der Waals surface area contributed by atoms with Gasteiger partial charge in [0, 0.05) is 25.6 Å². The van der Waals surface area contributed by atoms with Crippen LogP contribution in [0.15, 0.2) is 30.3 Å². The highest BCUT2D eigenvalue weighted by atomic mass is 35.5. The number of ether oxygens (including phenoxy) is 1. The third-order valence-corrected chi connectivity index (χ3v) is 5.89. The summed E-state index contributed by atoms with van der Waals surface area (Å²) in [5.41, 5.74) is 5.72. The number of hydrogen-bond donors (Lipinski definition) is 2. The van der Waals surface area contributed by atoms with Crippen LogP contribution in [-0.2, 0) is 9.59 Å². The summed E-state index contributed by atoms with van der Waals surface area (Å²) in [5, 5.41) is 3.22. The number of nitrogens with two attached hydrogens (primary N) is 1. The van der Waals surface area contributed by atoms with Crippen LogP contribution in [0, 0.1) is 5.92 Å². The number of nitrogens with zero attached hydrogens (tertiary/aromatic N) is 1. The molecule has 1 aromatic rings. The van der Waals surface area contributed by atoms with E-state index in [9.17, 15) is 9.59 Å². The average Bonchev–Trinajstić information content (AvgIpc) is 3.18. The summed E-state index contributed by atoms with van der Waals surface area (Å²) in [5.74, 6) is 0.973. The number of piperidine rings is 1. The Hall–Kier alpha value is -1.79. The molecule has 156 valence electrons. The maximum Gasteiger partial charge on any atom is 0.225 e. The van der Waals surface area contributed by atoms with Crippen molar-refractivity contribution in [3.63, 3.8) is 0 Å². The smallest absolute Gasteiger partial charge is 0.225 e. The first-order valence-electron chi connectivity index (χ1n) is 10.1. The van der Waals surface area contributed by atoms with Gasteiger partial charge < -0.3 is 20.7 Å². The van der Waals surface area contributed by atoms with Crippen molar-refractivity contribution >= 4 is 24.2 Å². The lowest BCUT2D eigenvalue weighted by atomic mass is 9.92. The zero-order valence-corrected chi connectivity index (χ0v) is 17.2. The predicted octanol–water partition coefficient (Wildman–Crippen LogP) is 2.50. The Kier molecular flexibility index (Phi) is 8.58. The van der Waals surface area contributed by atoms with Crippen LogP contribution in [0.4, 0.5) is 0 Å². The van der Waals surface area contributed by atoms with Crippen LogP contribution >= 0.6 is 12.4 Å². The summed E-state index contributed by atoms with van der Waals surface area (Å²) in [6.45, 7) is 2.16. The van der Waals surface area contributed by atoms with Crippen LogP contribution in [0.25, 0.3) is 0 Å². The normalized spacial score (nSPS) is 19.0. The molecular weight excluding hydrogens is 378 g/mol. The van der Waals surface area contributed by atoms with Crippen molar-refractivity contribution in [1.82, 2.24) is 10.2 Å². The van der Waals surface area contributed by atoms with Crippen LogP contribution in [0.3, 0.4) is 0 Å². The molecule has 0 bridgehead atoms. The fraction of sp³-hybridized carbons (Fsp3) is 0.619. The van der Waals surface area contributed by atoms with E-state index in [0.717, 1.165) is 44.3 Å². The molecule has 28 heavy (non-hydrogen) atoms. The number of rotatable bonds is 7. The monoisotopic (exact) mass is 409 g/mol. The third-order valence-electron chi connectivity index (χ3n) is 5.89. The van der Waals surface area contributed by atoms with Gasteiger partial charge in [0.05, 0.1) is 18.6 Å². The van der Waals surface area contributed by atoms with E-state index in [4.69, 9.17) is 10.5 Å². The molecule has 0 atom stereocenters. The summed E-state index contributed by atoms with van der Waals surface area (Å²) < 4.78 is 5.60. The van der Waals surface area contributed by atoms with Gasteiger partial charge in [-0.3, -0.25) is 9.59 Å². The van der Waals surface area contributed by atoms with Gasteiger partial charge in [-0.15, -0.1) is 12.4 Å². The van der Waals surface area contributed by atoms with Gasteiger partial charge in [-0.05, 0) is 37.8 Å². The molecule has 3 N–H and O–H groups in total. The topological polar surface area (TPSA) is 84.7 Å². The molecule has 2 amide bonds. The van der Waals surface area contributed by atoms with Crippen LogP contribution in [0.5, 0.6) is 5.75 Å². The Balaban J connectivity index is 0.00000280. The molecule has 1 aliphatic heterocycles. The van der Waals surface area contributed by atoms with Gasteiger partial charge in [-0.1, -0.05) is 31.0 Å². The van der Waals surface area contributed by atoms with Crippen molar-refractivity contribution in [2.24, 2.45) is 11.7 Å². The number of carbonyl (C=O) groups excluding carboxylic acids is 2. The van der Waals surface area contributed by atoms with E-state index in [1.54, 1.807) is 0 Å². The standard InChI is InChI=1S/C21H31N3O3.ClH/c22-16-21(11-4-5-12-21)23-20(26)17-8-13-24(14-9-17)19(25)10-15-27-18-6-2-1-3-7-18;/h1-3,6-7,17H,4-5,8-16,22H2,(H,23,26);1H. The molecule has 1 heterocycles. The van der Waals surface area contributed by atoms with Crippen LogP contribution in [0.1, 0.15) is 44.9 Å². The number of carbonyl (C=O) groups is 2. The van der Waals surface area contributed by atoms with Crippen molar-refractivity contribution < 1.29 is 14.3 Å². The van der Waals surface area contributed by atoms with Crippen molar-refractivity contribution in [3.05, 3.63) is 30.3 Å². The first-order chi connectivity index (χ1) is 13.1. The van der Waals surface area contributed by atoms with E-state index in [-0.39, 0.29) is 35.7 Å². The summed E-state index contributed by atoms with van der Waals surface area (Å²) in [7, 11) is 0. The Morgan fingerprint density at radius 3 is 2.39 bits per heavy atom. The van der Waals surface area contributed by atoms with Crippen LogP contribution in [-0.4, -0.2) is 48.5 Å². The van der Waals surface area contributed by atoms with E-state index in [0.29, 0.717) is 32.7 Å².